The van der Waals surface area contributed by atoms with Crippen LogP contribution in [0.3, 0.4) is 0 Å². The predicted molar refractivity (Wildman–Crippen MR) is 96.3 cm³/mol. The first-order chi connectivity index (χ1) is 10.1. The standard InChI is InChI=1S/C18H19IO2/c1-3-15(12-5-7-13(20)8-6-12)16(4-2)17-10-9-14(21)11-18(17)19/h5-11,20-21H,3-4H2,1-2H3/b16-15+/i19-2. The number of phenols is 2. The minimum atomic E-state index is 0.284. The minimum absolute atomic E-state index is 0.284. The van der Waals surface area contributed by atoms with Gasteiger partial charge in [0.25, 0.3) is 0 Å². The molecule has 2 rings (SSSR count). The van der Waals surface area contributed by atoms with Crippen LogP contribution < -0.4 is 0 Å². The van der Waals surface area contributed by atoms with E-state index in [1.165, 1.54) is 16.7 Å². The Hall–Kier alpha value is -1.49. The van der Waals surface area contributed by atoms with Crippen LogP contribution >= 0.6 is 22.6 Å². The Bertz CT molecular complexity index is 657. The molecule has 2 aromatic rings. The van der Waals surface area contributed by atoms with Crippen molar-refractivity contribution in [3.05, 3.63) is 57.2 Å². The molecule has 0 fully saturated rings. The zero-order valence-corrected chi connectivity index (χ0v) is 14.4. The van der Waals surface area contributed by atoms with Crippen LogP contribution in [0, 0.1) is 3.57 Å². The summed E-state index contributed by atoms with van der Waals surface area (Å²) in [5, 5.41) is 19.0. The fourth-order valence-corrected chi connectivity index (χ4v) is 3.39. The van der Waals surface area contributed by atoms with Crippen molar-refractivity contribution in [3.63, 3.8) is 0 Å². The fraction of sp³-hybridized carbons (Fsp3) is 0.222. The van der Waals surface area contributed by atoms with Crippen LogP contribution in [0.25, 0.3) is 11.1 Å². The molecule has 0 aliphatic heterocycles. The van der Waals surface area contributed by atoms with Crippen LogP contribution in [0.4, 0.5) is 0 Å². The maximum absolute atomic E-state index is 9.59. The van der Waals surface area contributed by atoms with E-state index in [-0.39, 0.29) is 5.75 Å². The molecule has 0 saturated heterocycles. The Morgan fingerprint density at radius 2 is 1.43 bits per heavy atom. The van der Waals surface area contributed by atoms with Gasteiger partial charge in [0, 0.05) is 3.57 Å². The van der Waals surface area contributed by atoms with Crippen LogP contribution in [0.1, 0.15) is 37.8 Å². The highest BCUT2D eigenvalue weighted by molar-refractivity contribution is 14.1. The second kappa shape index (κ2) is 6.98. The third-order valence-electron chi connectivity index (χ3n) is 3.56. The maximum atomic E-state index is 9.59. The van der Waals surface area contributed by atoms with Gasteiger partial charge >= 0.3 is 0 Å². The highest BCUT2D eigenvalue weighted by Gasteiger charge is 2.12. The summed E-state index contributed by atoms with van der Waals surface area (Å²) in [4.78, 5) is 0. The van der Waals surface area contributed by atoms with Gasteiger partial charge in [-0.05, 0) is 88.0 Å². The number of aromatic hydroxyl groups is 2. The van der Waals surface area contributed by atoms with Crippen molar-refractivity contribution < 1.29 is 10.2 Å². The molecule has 0 radical (unpaired) electrons. The summed E-state index contributed by atoms with van der Waals surface area (Å²) < 4.78 is 1.05. The molecule has 0 amide bonds. The molecule has 0 saturated carbocycles. The number of allylic oxidation sites excluding steroid dienone is 2. The number of rotatable bonds is 4. The zero-order valence-electron chi connectivity index (χ0n) is 12.2. The Balaban J connectivity index is 2.60. The van der Waals surface area contributed by atoms with E-state index in [0.717, 1.165) is 22.0 Å². The van der Waals surface area contributed by atoms with Crippen LogP contribution in [-0.4, -0.2) is 10.2 Å². The summed E-state index contributed by atoms with van der Waals surface area (Å²) in [5.41, 5.74) is 4.87. The quantitative estimate of drug-likeness (QED) is 0.538. The molecule has 0 unspecified atom stereocenters. The van der Waals surface area contributed by atoms with Gasteiger partial charge in [0.15, 0.2) is 0 Å². The first-order valence-electron chi connectivity index (χ1n) is 7.07. The number of phenolic OH excluding ortho intramolecular Hbond substituents is 2. The van der Waals surface area contributed by atoms with Crippen molar-refractivity contribution >= 4 is 33.7 Å². The molecule has 0 heterocycles. The van der Waals surface area contributed by atoms with Crippen molar-refractivity contribution in [2.75, 3.05) is 0 Å². The van der Waals surface area contributed by atoms with Crippen LogP contribution in [0.15, 0.2) is 42.5 Å². The minimum Gasteiger partial charge on any atom is -0.508 e. The molecule has 0 aromatic heterocycles. The predicted octanol–water partition coefficient (Wildman–Crippen LogP) is 5.43. The van der Waals surface area contributed by atoms with E-state index < -0.39 is 0 Å². The molecule has 110 valence electrons. The molecule has 0 bridgehead atoms. The van der Waals surface area contributed by atoms with E-state index in [0.29, 0.717) is 5.75 Å². The Kier molecular flexibility index (Phi) is 5.28. The van der Waals surface area contributed by atoms with Crippen LogP contribution in [-0.2, 0) is 0 Å². The van der Waals surface area contributed by atoms with E-state index in [1.54, 1.807) is 24.3 Å². The monoisotopic (exact) mass is 392 g/mol. The van der Waals surface area contributed by atoms with E-state index in [2.05, 4.69) is 36.4 Å². The number of halogens is 1. The van der Waals surface area contributed by atoms with Gasteiger partial charge in [-0.25, -0.2) is 0 Å². The highest BCUT2D eigenvalue weighted by atomic mass is 125. The van der Waals surface area contributed by atoms with Crippen molar-refractivity contribution in [2.45, 2.75) is 26.7 Å². The second-order valence-electron chi connectivity index (χ2n) is 4.88. The summed E-state index contributed by atoms with van der Waals surface area (Å²) in [7, 11) is 0. The smallest absolute Gasteiger partial charge is 0.116 e. The number of benzene rings is 2. The average molecular weight is 392 g/mol. The highest BCUT2D eigenvalue weighted by Crippen LogP contribution is 2.35. The van der Waals surface area contributed by atoms with Gasteiger partial charge in [-0.3, -0.25) is 0 Å². The lowest BCUT2D eigenvalue weighted by atomic mass is 9.91. The third-order valence-corrected chi connectivity index (χ3v) is 4.46. The first kappa shape index (κ1) is 15.9. The van der Waals surface area contributed by atoms with Crippen molar-refractivity contribution in [3.8, 4) is 11.5 Å². The van der Waals surface area contributed by atoms with Gasteiger partial charge in [0.1, 0.15) is 11.5 Å². The number of hydrogen-bond donors (Lipinski definition) is 2. The molecular weight excluding hydrogens is 373 g/mol. The average Bonchev–Trinajstić information content (AvgIpc) is 2.47. The summed E-state index contributed by atoms with van der Waals surface area (Å²) in [5.74, 6) is 0.577. The molecule has 21 heavy (non-hydrogen) atoms. The molecule has 0 spiro atoms. The molecule has 2 aromatic carbocycles. The summed E-state index contributed by atoms with van der Waals surface area (Å²) in [6, 6.07) is 12.9. The SMILES string of the molecule is CC/C(=C(/CC)c1ccc(O)cc1[125I])c1ccc(O)cc1. The van der Waals surface area contributed by atoms with Gasteiger partial charge in [-0.2, -0.15) is 0 Å². The Labute approximate surface area is 139 Å². The molecule has 2 nitrogen and oxygen atoms in total. The van der Waals surface area contributed by atoms with Crippen molar-refractivity contribution in [2.24, 2.45) is 0 Å². The van der Waals surface area contributed by atoms with E-state index in [4.69, 9.17) is 0 Å². The van der Waals surface area contributed by atoms with Gasteiger partial charge in [0.2, 0.25) is 0 Å². The summed E-state index contributed by atoms with van der Waals surface area (Å²) >= 11 is 2.26. The van der Waals surface area contributed by atoms with E-state index >= 15 is 0 Å². The molecule has 3 heteroatoms. The summed E-state index contributed by atoms with van der Waals surface area (Å²) in [6.45, 7) is 4.29. The molecule has 0 atom stereocenters. The summed E-state index contributed by atoms with van der Waals surface area (Å²) in [6.07, 6.45) is 1.84. The van der Waals surface area contributed by atoms with Crippen molar-refractivity contribution in [1.29, 1.82) is 0 Å². The van der Waals surface area contributed by atoms with Crippen LogP contribution in [0.2, 0.25) is 0 Å². The molecular formula is C18H19IO2. The number of hydrogen-bond acceptors (Lipinski definition) is 2. The van der Waals surface area contributed by atoms with Gasteiger partial charge in [0.05, 0.1) is 0 Å². The fourth-order valence-electron chi connectivity index (χ4n) is 2.57. The van der Waals surface area contributed by atoms with Crippen molar-refractivity contribution in [1.82, 2.24) is 0 Å². The molecule has 2 N–H and O–H groups in total. The second-order valence-corrected chi connectivity index (χ2v) is 6.04. The maximum Gasteiger partial charge on any atom is 0.116 e. The topological polar surface area (TPSA) is 40.5 Å². The van der Waals surface area contributed by atoms with Gasteiger partial charge < -0.3 is 10.2 Å². The largest absolute Gasteiger partial charge is 0.508 e. The zero-order chi connectivity index (χ0) is 15.4. The Morgan fingerprint density at radius 1 is 0.857 bits per heavy atom. The van der Waals surface area contributed by atoms with Gasteiger partial charge in [-0.15, -0.1) is 0 Å². The first-order valence-corrected chi connectivity index (χ1v) is 8.15. The third kappa shape index (κ3) is 3.59. The molecule has 0 aliphatic carbocycles. The molecule has 0 aliphatic rings. The van der Waals surface area contributed by atoms with Crippen LogP contribution in [0.5, 0.6) is 11.5 Å². The lowest BCUT2D eigenvalue weighted by Crippen LogP contribution is -1.94. The Morgan fingerprint density at radius 3 is 1.95 bits per heavy atom. The van der Waals surface area contributed by atoms with E-state index in [1.807, 2.05) is 18.2 Å². The van der Waals surface area contributed by atoms with Gasteiger partial charge in [-0.1, -0.05) is 26.0 Å². The normalized spacial score (nSPS) is 12.1. The van der Waals surface area contributed by atoms with E-state index in [9.17, 15) is 10.2 Å². The lowest BCUT2D eigenvalue weighted by molar-refractivity contribution is 0.474. The lowest BCUT2D eigenvalue weighted by Gasteiger charge is -2.15.